The Bertz CT molecular complexity index is 247. The number of diazo groups is 1. The normalized spacial score (nSPS) is 8.44. The summed E-state index contributed by atoms with van der Waals surface area (Å²) in [6.07, 6.45) is 0. The second-order valence-corrected chi connectivity index (χ2v) is 1.77. The molecule has 43 valence electrons. The van der Waals surface area contributed by atoms with Crippen molar-refractivity contribution in [1.29, 1.82) is 5.39 Å². The summed E-state index contributed by atoms with van der Waals surface area (Å²) in [5, 5.41) is 8.26. The topological polar surface area (TPSA) is 28.1 Å². The van der Waals surface area contributed by atoms with E-state index in [1.165, 1.54) is 0 Å². The molecule has 0 aliphatic carbocycles. The van der Waals surface area contributed by atoms with Gasteiger partial charge in [0.1, 0.15) is 0 Å². The molecule has 0 saturated heterocycles. The largest absolute Gasteiger partial charge is 0.385 e. The molecule has 0 fully saturated rings. The summed E-state index contributed by atoms with van der Waals surface area (Å²) in [4.78, 5) is 2.99. The van der Waals surface area contributed by atoms with E-state index in [1.807, 2.05) is 6.07 Å². The molecule has 1 aromatic carbocycles. The van der Waals surface area contributed by atoms with Crippen molar-refractivity contribution in [3.05, 3.63) is 41.7 Å². The summed E-state index contributed by atoms with van der Waals surface area (Å²) in [7, 11) is 0. The average molecular weight is 118 g/mol. The molecule has 1 rings (SSSR count). The molecular formula is C7H6N2+. The van der Waals surface area contributed by atoms with Crippen LogP contribution in [0.1, 0.15) is 5.56 Å². The van der Waals surface area contributed by atoms with Gasteiger partial charge >= 0.3 is 5.69 Å². The van der Waals surface area contributed by atoms with Gasteiger partial charge in [0.2, 0.25) is 5.39 Å². The minimum atomic E-state index is 0.544. The van der Waals surface area contributed by atoms with E-state index >= 15 is 0 Å². The van der Waals surface area contributed by atoms with Gasteiger partial charge in [-0.05, 0) is 12.5 Å². The Balaban J connectivity index is 3.12. The summed E-state index contributed by atoms with van der Waals surface area (Å²) in [6, 6.07) is 7.03. The number of nitrogens with zero attached hydrogens (tertiary/aromatic N) is 2. The lowest BCUT2D eigenvalue weighted by Gasteiger charge is -1.80. The van der Waals surface area contributed by atoms with Crippen LogP contribution in [0.5, 0.6) is 0 Å². The Morgan fingerprint density at radius 2 is 2.22 bits per heavy atom. The Morgan fingerprint density at radius 3 is 2.67 bits per heavy atom. The van der Waals surface area contributed by atoms with Crippen molar-refractivity contribution in [2.24, 2.45) is 0 Å². The first-order valence-electron chi connectivity index (χ1n) is 2.60. The van der Waals surface area contributed by atoms with Gasteiger partial charge in [0.25, 0.3) is 0 Å². The molecule has 0 spiro atoms. The fourth-order valence-corrected chi connectivity index (χ4v) is 0.619. The van der Waals surface area contributed by atoms with Crippen LogP contribution in [-0.2, 0) is 0 Å². The minimum absolute atomic E-state index is 0.544. The van der Waals surface area contributed by atoms with Crippen LogP contribution < -0.4 is 0 Å². The highest BCUT2D eigenvalue weighted by molar-refractivity contribution is 5.46. The highest BCUT2D eigenvalue weighted by Crippen LogP contribution is 2.11. The van der Waals surface area contributed by atoms with Crippen LogP contribution in [0, 0.1) is 12.3 Å². The van der Waals surface area contributed by atoms with E-state index in [4.69, 9.17) is 5.39 Å². The van der Waals surface area contributed by atoms with Crippen molar-refractivity contribution < 1.29 is 0 Å². The summed E-state index contributed by atoms with van der Waals surface area (Å²) in [6.45, 7) is 3.66. The molecule has 0 heterocycles. The quantitative estimate of drug-likeness (QED) is 0.480. The van der Waals surface area contributed by atoms with Crippen molar-refractivity contribution >= 4 is 5.69 Å². The predicted molar refractivity (Wildman–Crippen MR) is 35.6 cm³/mol. The SMILES string of the molecule is [CH2]c1cccc([N+]#N)c1. The van der Waals surface area contributed by atoms with Crippen molar-refractivity contribution in [1.82, 2.24) is 0 Å². The molecule has 0 N–H and O–H groups in total. The molecule has 0 bridgehead atoms. The lowest BCUT2D eigenvalue weighted by atomic mass is 10.2. The molecule has 0 amide bonds. The molecule has 0 aliphatic heterocycles. The maximum Gasteiger partial charge on any atom is 0.385 e. The third-order valence-electron chi connectivity index (χ3n) is 1.03. The zero-order chi connectivity index (χ0) is 6.69. The molecule has 1 aromatic rings. The molecule has 0 saturated carbocycles. The molecule has 2 heteroatoms. The zero-order valence-corrected chi connectivity index (χ0v) is 4.91. The third-order valence-corrected chi connectivity index (χ3v) is 1.03. The van der Waals surface area contributed by atoms with E-state index in [9.17, 15) is 0 Å². The van der Waals surface area contributed by atoms with Crippen LogP contribution in [-0.4, -0.2) is 0 Å². The number of hydrogen-bond donors (Lipinski definition) is 0. The molecule has 1 radical (unpaired) electrons. The van der Waals surface area contributed by atoms with Crippen LogP contribution in [0.15, 0.2) is 24.3 Å². The number of rotatable bonds is 0. The Labute approximate surface area is 53.8 Å². The average Bonchev–Trinajstić information content (AvgIpc) is 1.88. The fourth-order valence-electron chi connectivity index (χ4n) is 0.619. The second-order valence-electron chi connectivity index (χ2n) is 1.77. The predicted octanol–water partition coefficient (Wildman–Crippen LogP) is 2.35. The Kier molecular flexibility index (Phi) is 1.46. The van der Waals surface area contributed by atoms with Gasteiger partial charge in [-0.3, -0.25) is 0 Å². The van der Waals surface area contributed by atoms with Crippen molar-refractivity contribution in [2.75, 3.05) is 0 Å². The van der Waals surface area contributed by atoms with E-state index in [0.29, 0.717) is 5.69 Å². The molecule has 0 unspecified atom stereocenters. The highest BCUT2D eigenvalue weighted by atomic mass is 14.8. The fraction of sp³-hybridized carbons (Fsp3) is 0. The molecule has 0 aromatic heterocycles. The first kappa shape index (κ1) is 5.77. The van der Waals surface area contributed by atoms with E-state index in [1.54, 1.807) is 18.2 Å². The maximum atomic E-state index is 8.26. The molecule has 0 aliphatic rings. The van der Waals surface area contributed by atoms with Crippen molar-refractivity contribution in [3.8, 4) is 0 Å². The van der Waals surface area contributed by atoms with Gasteiger partial charge in [-0.25, -0.2) is 0 Å². The molecule has 9 heavy (non-hydrogen) atoms. The first-order chi connectivity index (χ1) is 4.33. The van der Waals surface area contributed by atoms with Gasteiger partial charge in [0, 0.05) is 12.1 Å². The van der Waals surface area contributed by atoms with Crippen LogP contribution in [0.4, 0.5) is 5.69 Å². The summed E-state index contributed by atoms with van der Waals surface area (Å²) < 4.78 is 0. The lowest BCUT2D eigenvalue weighted by molar-refractivity contribution is 1.46. The van der Waals surface area contributed by atoms with E-state index in [0.717, 1.165) is 5.56 Å². The molecular weight excluding hydrogens is 112 g/mol. The standard InChI is InChI=1S/C7H6N2/c1-6-3-2-4-7(5-6)9-8/h2-5H,1H2/q+1. The van der Waals surface area contributed by atoms with Gasteiger partial charge in [0.15, 0.2) is 4.98 Å². The van der Waals surface area contributed by atoms with Crippen LogP contribution in [0.2, 0.25) is 0 Å². The van der Waals surface area contributed by atoms with Crippen LogP contribution >= 0.6 is 0 Å². The van der Waals surface area contributed by atoms with Gasteiger partial charge < -0.3 is 0 Å². The van der Waals surface area contributed by atoms with Crippen LogP contribution in [0.25, 0.3) is 4.98 Å². The van der Waals surface area contributed by atoms with Gasteiger partial charge in [0.05, 0.1) is 0 Å². The number of hydrogen-bond acceptors (Lipinski definition) is 1. The third kappa shape index (κ3) is 1.26. The summed E-state index contributed by atoms with van der Waals surface area (Å²) in [5.41, 5.74) is 1.40. The van der Waals surface area contributed by atoms with Crippen molar-refractivity contribution in [2.45, 2.75) is 0 Å². The first-order valence-corrected chi connectivity index (χ1v) is 2.60. The second kappa shape index (κ2) is 2.27. The summed E-state index contributed by atoms with van der Waals surface area (Å²) >= 11 is 0. The van der Waals surface area contributed by atoms with Crippen LogP contribution in [0.3, 0.4) is 0 Å². The minimum Gasteiger partial charge on any atom is -0.0585 e. The van der Waals surface area contributed by atoms with Gasteiger partial charge in [-0.1, -0.05) is 12.1 Å². The van der Waals surface area contributed by atoms with Gasteiger partial charge in [-0.15, -0.1) is 0 Å². The zero-order valence-electron chi connectivity index (χ0n) is 4.91. The molecule has 0 atom stereocenters. The number of benzene rings is 1. The Hall–Kier alpha value is -1.36. The van der Waals surface area contributed by atoms with E-state index in [-0.39, 0.29) is 0 Å². The van der Waals surface area contributed by atoms with E-state index < -0.39 is 0 Å². The lowest BCUT2D eigenvalue weighted by Crippen LogP contribution is -1.65. The van der Waals surface area contributed by atoms with Crippen molar-refractivity contribution in [3.63, 3.8) is 0 Å². The monoisotopic (exact) mass is 118 g/mol. The highest BCUT2D eigenvalue weighted by Gasteiger charge is 1.99. The maximum absolute atomic E-state index is 8.26. The molecule has 2 nitrogen and oxygen atoms in total. The summed E-state index contributed by atoms with van der Waals surface area (Å²) in [5.74, 6) is 0. The Morgan fingerprint density at radius 1 is 1.44 bits per heavy atom. The smallest absolute Gasteiger partial charge is 0.0585 e. The van der Waals surface area contributed by atoms with Gasteiger partial charge in [-0.2, -0.15) is 0 Å². The van der Waals surface area contributed by atoms with E-state index in [2.05, 4.69) is 11.9 Å².